The lowest BCUT2D eigenvalue weighted by atomic mass is 10.2. The second kappa shape index (κ2) is 6.41. The molecular weight excluding hydrogens is 268 g/mol. The van der Waals surface area contributed by atoms with Gasteiger partial charge in [-0.15, -0.1) is 0 Å². The van der Waals surface area contributed by atoms with Crippen molar-refractivity contribution in [2.24, 2.45) is 12.8 Å². The smallest absolute Gasteiger partial charge is 0.257 e. The highest BCUT2D eigenvalue weighted by molar-refractivity contribution is 6.04. The lowest BCUT2D eigenvalue weighted by Gasteiger charge is -2.10. The number of rotatable bonds is 5. The van der Waals surface area contributed by atoms with Crippen molar-refractivity contribution in [3.05, 3.63) is 41.6 Å². The number of anilines is 1. The van der Waals surface area contributed by atoms with Crippen LogP contribution < -0.4 is 15.8 Å². The quantitative estimate of drug-likeness (QED) is 0.880. The summed E-state index contributed by atoms with van der Waals surface area (Å²) in [5, 5.41) is 6.96. The van der Waals surface area contributed by atoms with E-state index in [9.17, 15) is 4.79 Å². The number of nitrogens with zero attached hydrogens (tertiary/aromatic N) is 2. The summed E-state index contributed by atoms with van der Waals surface area (Å²) in [5.74, 6) is 0.913. The van der Waals surface area contributed by atoms with Crippen molar-refractivity contribution in [1.29, 1.82) is 0 Å². The normalized spacial score (nSPS) is 10.7. The summed E-state index contributed by atoms with van der Waals surface area (Å²) in [7, 11) is 1.78. The van der Waals surface area contributed by atoms with Gasteiger partial charge in [0.1, 0.15) is 5.75 Å². The molecule has 1 aromatic heterocycles. The summed E-state index contributed by atoms with van der Waals surface area (Å²) >= 11 is 0. The molecule has 2 rings (SSSR count). The average Bonchev–Trinajstić information content (AvgIpc) is 2.78. The van der Waals surface area contributed by atoms with Crippen LogP contribution in [0.3, 0.4) is 0 Å². The van der Waals surface area contributed by atoms with E-state index < -0.39 is 0 Å². The third-order valence-electron chi connectivity index (χ3n) is 2.82. The minimum absolute atomic E-state index is 0.0583. The molecule has 21 heavy (non-hydrogen) atoms. The highest BCUT2D eigenvalue weighted by Crippen LogP contribution is 2.17. The first-order chi connectivity index (χ1) is 9.99. The molecule has 0 aliphatic rings. The molecular formula is C15H20N4O2. The Morgan fingerprint density at radius 3 is 2.90 bits per heavy atom. The first kappa shape index (κ1) is 15.1. The Morgan fingerprint density at radius 1 is 1.48 bits per heavy atom. The second-order valence-electron chi connectivity index (χ2n) is 5.03. The van der Waals surface area contributed by atoms with Crippen molar-refractivity contribution in [3.63, 3.8) is 0 Å². The average molecular weight is 288 g/mol. The van der Waals surface area contributed by atoms with Crippen LogP contribution >= 0.6 is 0 Å². The standard InChI is InChI=1S/C15H20N4O2/c1-10(2)21-13-6-4-5-11(7-13)15(20)17-14-12(8-16)9-19(3)18-14/h4-7,9-10H,8,16H2,1-3H3,(H,17,18,20). The molecule has 0 aliphatic heterocycles. The zero-order chi connectivity index (χ0) is 15.4. The number of hydrogen-bond acceptors (Lipinski definition) is 4. The monoisotopic (exact) mass is 288 g/mol. The fourth-order valence-electron chi connectivity index (χ4n) is 1.95. The first-order valence-electron chi connectivity index (χ1n) is 6.80. The highest BCUT2D eigenvalue weighted by atomic mass is 16.5. The molecule has 0 unspecified atom stereocenters. The van der Waals surface area contributed by atoms with E-state index in [0.29, 0.717) is 23.7 Å². The largest absolute Gasteiger partial charge is 0.491 e. The summed E-state index contributed by atoms with van der Waals surface area (Å²) in [5.41, 5.74) is 6.94. The first-order valence-corrected chi connectivity index (χ1v) is 6.80. The molecule has 0 radical (unpaired) electrons. The summed E-state index contributed by atoms with van der Waals surface area (Å²) in [6.07, 6.45) is 1.84. The van der Waals surface area contributed by atoms with Crippen molar-refractivity contribution in [1.82, 2.24) is 9.78 Å². The van der Waals surface area contributed by atoms with Crippen LogP contribution in [0.15, 0.2) is 30.5 Å². The number of ether oxygens (including phenoxy) is 1. The lowest BCUT2D eigenvalue weighted by molar-refractivity contribution is 0.102. The molecule has 3 N–H and O–H groups in total. The molecule has 0 bridgehead atoms. The molecule has 1 amide bonds. The highest BCUT2D eigenvalue weighted by Gasteiger charge is 2.12. The van der Waals surface area contributed by atoms with Crippen LogP contribution in [-0.2, 0) is 13.6 Å². The number of nitrogens with two attached hydrogens (primary N) is 1. The summed E-state index contributed by atoms with van der Waals surface area (Å²) in [4.78, 5) is 12.3. The number of carbonyl (C=O) groups excluding carboxylic acids is 1. The molecule has 6 nitrogen and oxygen atoms in total. The SMILES string of the molecule is CC(C)Oc1cccc(C(=O)Nc2nn(C)cc2CN)c1. The number of benzene rings is 1. The van der Waals surface area contributed by atoms with Gasteiger partial charge >= 0.3 is 0 Å². The van der Waals surface area contributed by atoms with Crippen LogP contribution in [0.1, 0.15) is 29.8 Å². The third-order valence-corrected chi connectivity index (χ3v) is 2.82. The van der Waals surface area contributed by atoms with Gasteiger partial charge in [-0.25, -0.2) is 0 Å². The third kappa shape index (κ3) is 3.82. The van der Waals surface area contributed by atoms with E-state index in [0.717, 1.165) is 5.56 Å². The molecule has 0 saturated heterocycles. The Labute approximate surface area is 123 Å². The van der Waals surface area contributed by atoms with Gasteiger partial charge in [0.2, 0.25) is 0 Å². The molecule has 0 saturated carbocycles. The van der Waals surface area contributed by atoms with Gasteiger partial charge < -0.3 is 15.8 Å². The van der Waals surface area contributed by atoms with Gasteiger partial charge in [0.15, 0.2) is 5.82 Å². The zero-order valence-electron chi connectivity index (χ0n) is 12.5. The molecule has 1 heterocycles. The van der Waals surface area contributed by atoms with Crippen molar-refractivity contribution < 1.29 is 9.53 Å². The molecule has 0 spiro atoms. The van der Waals surface area contributed by atoms with Crippen LogP contribution in [0.2, 0.25) is 0 Å². The molecule has 6 heteroatoms. The Kier molecular flexibility index (Phi) is 4.59. The summed E-state index contributed by atoms with van der Waals surface area (Å²) in [6.45, 7) is 4.20. The van der Waals surface area contributed by atoms with Gasteiger partial charge in [-0.2, -0.15) is 5.10 Å². The maximum Gasteiger partial charge on any atom is 0.257 e. The van der Waals surface area contributed by atoms with Gasteiger partial charge in [-0.05, 0) is 32.0 Å². The second-order valence-corrected chi connectivity index (χ2v) is 5.03. The van der Waals surface area contributed by atoms with Crippen molar-refractivity contribution >= 4 is 11.7 Å². The van der Waals surface area contributed by atoms with E-state index >= 15 is 0 Å². The van der Waals surface area contributed by atoms with Crippen molar-refractivity contribution in [2.75, 3.05) is 5.32 Å². The van der Waals surface area contributed by atoms with Crippen LogP contribution in [0.4, 0.5) is 5.82 Å². The summed E-state index contributed by atoms with van der Waals surface area (Å²) < 4.78 is 7.21. The van der Waals surface area contributed by atoms with Gasteiger partial charge in [0, 0.05) is 30.9 Å². The molecule has 0 atom stereocenters. The molecule has 0 aliphatic carbocycles. The Morgan fingerprint density at radius 2 is 2.24 bits per heavy atom. The van der Waals surface area contributed by atoms with Gasteiger partial charge in [0.25, 0.3) is 5.91 Å². The predicted octanol–water partition coefficient (Wildman–Crippen LogP) is 1.92. The lowest BCUT2D eigenvalue weighted by Crippen LogP contribution is -2.15. The number of amides is 1. The van der Waals surface area contributed by atoms with E-state index in [4.69, 9.17) is 10.5 Å². The van der Waals surface area contributed by atoms with Crippen LogP contribution in [0, 0.1) is 0 Å². The molecule has 1 aromatic carbocycles. The van der Waals surface area contributed by atoms with Crippen molar-refractivity contribution in [3.8, 4) is 5.75 Å². The fraction of sp³-hybridized carbons (Fsp3) is 0.333. The minimum atomic E-state index is -0.238. The van der Waals surface area contributed by atoms with Crippen LogP contribution in [0.25, 0.3) is 0 Å². The minimum Gasteiger partial charge on any atom is -0.491 e. The number of aromatic nitrogens is 2. The fourth-order valence-corrected chi connectivity index (χ4v) is 1.95. The van der Waals surface area contributed by atoms with E-state index in [1.54, 1.807) is 36.1 Å². The van der Waals surface area contributed by atoms with Gasteiger partial charge in [-0.1, -0.05) is 6.07 Å². The zero-order valence-corrected chi connectivity index (χ0v) is 12.5. The van der Waals surface area contributed by atoms with E-state index in [1.165, 1.54) is 0 Å². The summed E-state index contributed by atoms with van der Waals surface area (Å²) in [6, 6.07) is 7.05. The maximum atomic E-state index is 12.3. The van der Waals surface area contributed by atoms with E-state index in [1.807, 2.05) is 19.9 Å². The van der Waals surface area contributed by atoms with Crippen molar-refractivity contribution in [2.45, 2.75) is 26.5 Å². The predicted molar refractivity (Wildman–Crippen MR) is 81.3 cm³/mol. The number of aryl methyl sites for hydroxylation is 1. The Bertz CT molecular complexity index is 634. The van der Waals surface area contributed by atoms with Gasteiger partial charge in [-0.3, -0.25) is 9.48 Å². The van der Waals surface area contributed by atoms with E-state index in [-0.39, 0.29) is 12.0 Å². The number of hydrogen-bond donors (Lipinski definition) is 2. The molecule has 2 aromatic rings. The molecule has 112 valence electrons. The molecule has 0 fully saturated rings. The Balaban J connectivity index is 2.16. The number of nitrogens with one attached hydrogen (secondary N) is 1. The van der Waals surface area contributed by atoms with E-state index in [2.05, 4.69) is 10.4 Å². The van der Waals surface area contributed by atoms with Gasteiger partial charge in [0.05, 0.1) is 6.10 Å². The van der Waals surface area contributed by atoms with Crippen LogP contribution in [0.5, 0.6) is 5.75 Å². The Hall–Kier alpha value is -2.34. The topological polar surface area (TPSA) is 82.2 Å². The van der Waals surface area contributed by atoms with Crippen LogP contribution in [-0.4, -0.2) is 21.8 Å². The maximum absolute atomic E-state index is 12.3. The number of carbonyl (C=O) groups is 1.